The van der Waals surface area contributed by atoms with E-state index in [1.165, 1.54) is 10.2 Å². The van der Waals surface area contributed by atoms with Gasteiger partial charge in [-0.05, 0) is 42.3 Å². The van der Waals surface area contributed by atoms with E-state index in [0.29, 0.717) is 29.8 Å². The van der Waals surface area contributed by atoms with Gasteiger partial charge in [-0.3, -0.25) is 9.78 Å². The topological polar surface area (TPSA) is 91.2 Å². The van der Waals surface area contributed by atoms with Crippen LogP contribution in [0.25, 0.3) is 11.4 Å². The zero-order valence-corrected chi connectivity index (χ0v) is 18.8. The number of anilines is 1. The van der Waals surface area contributed by atoms with Crippen LogP contribution in [0.2, 0.25) is 0 Å². The van der Waals surface area contributed by atoms with Gasteiger partial charge in [0.25, 0.3) is 5.91 Å². The van der Waals surface area contributed by atoms with E-state index >= 15 is 0 Å². The Bertz CT molecular complexity index is 1240. The molecule has 0 atom stereocenters. The lowest BCUT2D eigenvalue weighted by Crippen LogP contribution is -2.18. The van der Waals surface area contributed by atoms with E-state index in [0.717, 1.165) is 16.7 Å². The van der Waals surface area contributed by atoms with Crippen molar-refractivity contribution >= 4 is 11.9 Å². The highest BCUT2D eigenvalue weighted by Gasteiger charge is 2.18. The van der Waals surface area contributed by atoms with Crippen molar-refractivity contribution in [1.29, 1.82) is 0 Å². The lowest BCUT2D eigenvalue weighted by Gasteiger charge is -2.10. The van der Waals surface area contributed by atoms with E-state index < -0.39 is 0 Å². The van der Waals surface area contributed by atoms with Crippen LogP contribution in [0.15, 0.2) is 67.0 Å². The molecule has 0 bridgehead atoms. The molecule has 1 N–H and O–H groups in total. The summed E-state index contributed by atoms with van der Waals surface area (Å²) < 4.78 is 11.9. The first-order valence-electron chi connectivity index (χ1n) is 10.5. The molecule has 33 heavy (non-hydrogen) atoms. The number of hydrogen-bond acceptors (Lipinski definition) is 7. The zero-order chi connectivity index (χ0) is 23.2. The molecule has 0 amide bonds. The number of aryl methyl sites for hydroxylation is 1. The van der Waals surface area contributed by atoms with Crippen molar-refractivity contribution in [3.63, 3.8) is 0 Å². The predicted octanol–water partition coefficient (Wildman–Crippen LogP) is 4.16. The average molecular weight is 444 g/mol. The van der Waals surface area contributed by atoms with Crippen LogP contribution >= 0.6 is 0 Å². The summed E-state index contributed by atoms with van der Waals surface area (Å²) in [5.41, 5.74) is 3.77. The van der Waals surface area contributed by atoms with Gasteiger partial charge in [-0.15, -0.1) is 5.10 Å². The summed E-state index contributed by atoms with van der Waals surface area (Å²) in [6, 6.07) is 17.2. The zero-order valence-electron chi connectivity index (χ0n) is 18.8. The lowest BCUT2D eigenvalue weighted by atomic mass is 10.1. The second-order valence-electron chi connectivity index (χ2n) is 7.51. The molecule has 0 spiro atoms. The van der Waals surface area contributed by atoms with E-state index in [-0.39, 0.29) is 12.3 Å². The van der Waals surface area contributed by atoms with Crippen LogP contribution in [0.1, 0.15) is 21.5 Å². The highest BCUT2D eigenvalue weighted by Crippen LogP contribution is 2.28. The smallest absolute Gasteiger partial charge is 0.254 e. The minimum absolute atomic E-state index is 0.120. The van der Waals surface area contributed by atoms with Crippen molar-refractivity contribution in [2.45, 2.75) is 19.9 Å². The number of hydrogen-bond donors (Lipinski definition) is 1. The molecule has 8 nitrogen and oxygen atoms in total. The number of carbonyl (C=O) groups excluding carboxylic acids is 1. The van der Waals surface area contributed by atoms with Gasteiger partial charge in [0, 0.05) is 24.5 Å². The van der Waals surface area contributed by atoms with Gasteiger partial charge < -0.3 is 14.8 Å². The molecule has 8 heteroatoms. The van der Waals surface area contributed by atoms with Crippen LogP contribution in [0.4, 0.5) is 5.95 Å². The van der Waals surface area contributed by atoms with Crippen molar-refractivity contribution < 1.29 is 14.3 Å². The second-order valence-corrected chi connectivity index (χ2v) is 7.51. The summed E-state index contributed by atoms with van der Waals surface area (Å²) >= 11 is 0. The number of pyridine rings is 1. The fourth-order valence-electron chi connectivity index (χ4n) is 3.34. The van der Waals surface area contributed by atoms with Crippen molar-refractivity contribution in [3.05, 3.63) is 83.7 Å². The van der Waals surface area contributed by atoms with Crippen LogP contribution in [0.5, 0.6) is 11.5 Å². The van der Waals surface area contributed by atoms with E-state index in [1.807, 2.05) is 43.3 Å². The second kappa shape index (κ2) is 9.95. The Balaban J connectivity index is 1.61. The maximum atomic E-state index is 13.2. The number of nitrogens with zero attached hydrogens (tertiary/aromatic N) is 4. The summed E-state index contributed by atoms with van der Waals surface area (Å²) in [5, 5.41) is 7.73. The fraction of sp³-hybridized carbons (Fsp3) is 0.200. The summed E-state index contributed by atoms with van der Waals surface area (Å²) in [4.78, 5) is 21.9. The molecule has 0 radical (unpaired) electrons. The Morgan fingerprint density at radius 2 is 1.76 bits per heavy atom. The number of ether oxygens (including phenoxy) is 2. The quantitative estimate of drug-likeness (QED) is 0.437. The third kappa shape index (κ3) is 5.17. The molecular weight excluding hydrogens is 418 g/mol. The molecule has 4 rings (SSSR count). The van der Waals surface area contributed by atoms with Crippen LogP contribution in [-0.4, -0.2) is 39.9 Å². The van der Waals surface area contributed by atoms with Crippen LogP contribution < -0.4 is 14.8 Å². The third-order valence-electron chi connectivity index (χ3n) is 5.14. The molecule has 2 heterocycles. The lowest BCUT2D eigenvalue weighted by molar-refractivity contribution is 0.0901. The summed E-state index contributed by atoms with van der Waals surface area (Å²) in [7, 11) is 3.14. The van der Waals surface area contributed by atoms with E-state index in [9.17, 15) is 4.79 Å². The Hall–Kier alpha value is -4.20. The number of carbonyl (C=O) groups is 1. The molecule has 0 aliphatic heterocycles. The van der Waals surface area contributed by atoms with E-state index in [1.54, 1.807) is 44.8 Å². The van der Waals surface area contributed by atoms with Crippen LogP contribution in [-0.2, 0) is 13.0 Å². The van der Waals surface area contributed by atoms with Gasteiger partial charge in [-0.2, -0.15) is 9.67 Å². The first kappa shape index (κ1) is 22.0. The number of methoxy groups -OCH3 is 2. The van der Waals surface area contributed by atoms with Crippen molar-refractivity contribution in [2.75, 3.05) is 19.5 Å². The minimum atomic E-state index is -0.226. The van der Waals surface area contributed by atoms with Crippen molar-refractivity contribution in [3.8, 4) is 22.9 Å². The normalized spacial score (nSPS) is 10.6. The van der Waals surface area contributed by atoms with E-state index in [4.69, 9.17) is 9.47 Å². The largest absolute Gasteiger partial charge is 0.493 e. The van der Waals surface area contributed by atoms with Gasteiger partial charge in [0.15, 0.2) is 17.3 Å². The molecule has 0 aliphatic rings. The number of nitrogens with one attached hydrogen (secondary N) is 1. The molecule has 4 aromatic rings. The molecule has 0 saturated carbocycles. The van der Waals surface area contributed by atoms with Gasteiger partial charge >= 0.3 is 0 Å². The summed E-state index contributed by atoms with van der Waals surface area (Å²) in [5.74, 6) is 1.75. The molecule has 2 aromatic carbocycles. The standard InChI is InChI=1S/C25H25N5O3/c1-17-6-8-18(9-7-17)15-27-25-28-24(20-5-4-12-26-16-20)29-30(25)23(31)14-19-10-11-21(32-2)22(13-19)33-3/h4-13,16H,14-15H2,1-3H3,(H,27,28,29). The first-order chi connectivity index (χ1) is 16.1. The fourth-order valence-corrected chi connectivity index (χ4v) is 3.34. The van der Waals surface area contributed by atoms with Gasteiger partial charge in [-0.25, -0.2) is 0 Å². The maximum absolute atomic E-state index is 13.2. The molecule has 0 unspecified atom stereocenters. The number of rotatable bonds is 8. The monoisotopic (exact) mass is 443 g/mol. The minimum Gasteiger partial charge on any atom is -0.493 e. The molecule has 2 aromatic heterocycles. The van der Waals surface area contributed by atoms with E-state index in [2.05, 4.69) is 20.4 Å². The van der Waals surface area contributed by atoms with Crippen molar-refractivity contribution in [2.24, 2.45) is 0 Å². The highest BCUT2D eigenvalue weighted by atomic mass is 16.5. The van der Waals surface area contributed by atoms with Gasteiger partial charge in [-0.1, -0.05) is 35.9 Å². The SMILES string of the molecule is COc1ccc(CC(=O)n2nc(-c3cccnc3)nc2NCc2ccc(C)cc2)cc1OC. The summed E-state index contributed by atoms with van der Waals surface area (Å²) in [6.07, 6.45) is 3.47. The van der Waals surface area contributed by atoms with Gasteiger partial charge in [0.2, 0.25) is 5.95 Å². The molecular formula is C25H25N5O3. The average Bonchev–Trinajstić information content (AvgIpc) is 3.28. The van der Waals surface area contributed by atoms with Crippen LogP contribution in [0.3, 0.4) is 0 Å². The van der Waals surface area contributed by atoms with Crippen molar-refractivity contribution in [1.82, 2.24) is 19.7 Å². The molecule has 168 valence electrons. The Kier molecular flexibility index (Phi) is 6.64. The number of aromatic nitrogens is 4. The Morgan fingerprint density at radius 1 is 1.00 bits per heavy atom. The predicted molar refractivity (Wildman–Crippen MR) is 126 cm³/mol. The summed E-state index contributed by atoms with van der Waals surface area (Å²) in [6.45, 7) is 2.55. The number of benzene rings is 2. The first-order valence-corrected chi connectivity index (χ1v) is 10.5. The third-order valence-corrected chi connectivity index (χ3v) is 5.14. The molecule has 0 fully saturated rings. The molecule has 0 aliphatic carbocycles. The Labute approximate surface area is 192 Å². The maximum Gasteiger partial charge on any atom is 0.254 e. The van der Waals surface area contributed by atoms with Gasteiger partial charge in [0.1, 0.15) is 0 Å². The highest BCUT2D eigenvalue weighted by molar-refractivity contribution is 5.83. The van der Waals surface area contributed by atoms with Crippen LogP contribution in [0, 0.1) is 6.92 Å². The Morgan fingerprint density at radius 3 is 2.45 bits per heavy atom. The van der Waals surface area contributed by atoms with Gasteiger partial charge in [0.05, 0.1) is 20.6 Å². The molecule has 0 saturated heterocycles.